The van der Waals surface area contributed by atoms with Crippen LogP contribution in [0.5, 0.6) is 0 Å². The Morgan fingerprint density at radius 2 is 1.83 bits per heavy atom. The highest BCUT2D eigenvalue weighted by Crippen LogP contribution is 2.27. The van der Waals surface area contributed by atoms with Crippen molar-refractivity contribution in [3.05, 3.63) is 82.4 Å². The van der Waals surface area contributed by atoms with E-state index in [1.165, 1.54) is 16.4 Å². The molecule has 0 fully saturated rings. The van der Waals surface area contributed by atoms with E-state index in [1.807, 2.05) is 42.9 Å². The molecule has 0 bridgehead atoms. The van der Waals surface area contributed by atoms with Crippen molar-refractivity contribution in [2.75, 3.05) is 6.54 Å². The minimum Gasteiger partial charge on any atom is -0.370 e. The summed E-state index contributed by atoms with van der Waals surface area (Å²) in [5.74, 6) is -0.463. The molecule has 2 heterocycles. The molecule has 0 spiro atoms. The fourth-order valence-electron chi connectivity index (χ4n) is 3.75. The second-order valence-corrected chi connectivity index (χ2v) is 9.40. The third kappa shape index (κ3) is 4.03. The van der Waals surface area contributed by atoms with Crippen LogP contribution in [0.3, 0.4) is 0 Å². The number of aryl methyl sites for hydroxylation is 2. The monoisotopic (exact) mass is 429 g/mol. The van der Waals surface area contributed by atoms with Gasteiger partial charge in [0.2, 0.25) is 10.0 Å². The zero-order valence-corrected chi connectivity index (χ0v) is 17.8. The van der Waals surface area contributed by atoms with Gasteiger partial charge in [0.25, 0.3) is 0 Å². The van der Waals surface area contributed by atoms with Gasteiger partial charge in [-0.15, -0.1) is 0 Å². The first-order chi connectivity index (χ1) is 14.4. The molecule has 0 radical (unpaired) electrons. The Labute approximate surface area is 176 Å². The maximum absolute atomic E-state index is 13.2. The second kappa shape index (κ2) is 8.29. The van der Waals surface area contributed by atoms with Gasteiger partial charge in [0.15, 0.2) is 0 Å². The van der Waals surface area contributed by atoms with Crippen LogP contribution in [-0.4, -0.2) is 29.0 Å². The zero-order chi connectivity index (χ0) is 21.3. The number of rotatable bonds is 6. The molecular formula is C22H24FN3O3S. The molecule has 1 aliphatic heterocycles. The molecule has 1 aliphatic rings. The first kappa shape index (κ1) is 20.7. The van der Waals surface area contributed by atoms with Gasteiger partial charge in [-0.3, -0.25) is 4.68 Å². The molecule has 1 aromatic heterocycles. The van der Waals surface area contributed by atoms with Crippen molar-refractivity contribution in [3.63, 3.8) is 0 Å². The minimum absolute atomic E-state index is 0.0913. The molecule has 0 saturated carbocycles. The van der Waals surface area contributed by atoms with Crippen LogP contribution in [-0.2, 0) is 48.0 Å². The lowest BCUT2D eigenvalue weighted by Gasteiger charge is -2.27. The van der Waals surface area contributed by atoms with E-state index in [1.54, 1.807) is 0 Å². The number of aromatic nitrogens is 2. The third-order valence-electron chi connectivity index (χ3n) is 5.50. The lowest BCUT2D eigenvalue weighted by molar-refractivity contribution is 0.103. The van der Waals surface area contributed by atoms with Crippen molar-refractivity contribution in [2.45, 2.75) is 38.0 Å². The Hall–Kier alpha value is -2.55. The van der Waals surface area contributed by atoms with Crippen LogP contribution < -0.4 is 0 Å². The van der Waals surface area contributed by atoms with Crippen LogP contribution in [0.2, 0.25) is 0 Å². The smallest absolute Gasteiger partial charge is 0.243 e. The summed E-state index contributed by atoms with van der Waals surface area (Å²) in [5, 5.41) is 4.57. The lowest BCUT2D eigenvalue weighted by atomic mass is 10.1. The summed E-state index contributed by atoms with van der Waals surface area (Å²) in [6, 6.07) is 13.0. The maximum Gasteiger partial charge on any atom is 0.243 e. The number of ether oxygens (including phenoxy) is 1. The van der Waals surface area contributed by atoms with Gasteiger partial charge in [0, 0.05) is 37.8 Å². The number of hydrogen-bond acceptors (Lipinski definition) is 4. The highest BCUT2D eigenvalue weighted by atomic mass is 32.2. The number of sulfonamides is 1. The average molecular weight is 430 g/mol. The summed E-state index contributed by atoms with van der Waals surface area (Å²) in [4.78, 5) is 0.0913. The molecule has 6 nitrogen and oxygen atoms in total. The van der Waals surface area contributed by atoms with Crippen LogP contribution in [0.4, 0.5) is 4.39 Å². The van der Waals surface area contributed by atoms with Crippen molar-refractivity contribution >= 4 is 10.0 Å². The molecule has 0 amide bonds. The Morgan fingerprint density at radius 1 is 1.10 bits per heavy atom. The van der Waals surface area contributed by atoms with Crippen molar-refractivity contribution in [1.82, 2.24) is 14.1 Å². The zero-order valence-electron chi connectivity index (χ0n) is 17.0. The summed E-state index contributed by atoms with van der Waals surface area (Å²) in [5.41, 5.74) is 4.94. The predicted molar refractivity (Wildman–Crippen MR) is 111 cm³/mol. The van der Waals surface area contributed by atoms with E-state index in [0.29, 0.717) is 26.2 Å². The van der Waals surface area contributed by atoms with E-state index in [-0.39, 0.29) is 11.4 Å². The van der Waals surface area contributed by atoms with Crippen molar-refractivity contribution in [2.24, 2.45) is 7.05 Å². The summed E-state index contributed by atoms with van der Waals surface area (Å²) in [6.07, 6.45) is 0.567. The standard InChI is InChI=1S/C22H24FN3O3S/c1-16-5-3-4-6-17(16)14-29-15-21-20-13-26(12-11-22(20)25(2)24-21)30(27,28)19-9-7-18(23)8-10-19/h3-10H,11-15H2,1-2H3. The Bertz CT molecular complexity index is 1160. The molecule has 158 valence electrons. The van der Waals surface area contributed by atoms with Crippen LogP contribution in [0.1, 0.15) is 28.1 Å². The molecule has 0 saturated heterocycles. The Kier molecular flexibility index (Phi) is 5.73. The van der Waals surface area contributed by atoms with E-state index < -0.39 is 15.8 Å². The van der Waals surface area contributed by atoms with Crippen LogP contribution in [0.15, 0.2) is 53.4 Å². The summed E-state index contributed by atoms with van der Waals surface area (Å²) < 4.78 is 48.4. The summed E-state index contributed by atoms with van der Waals surface area (Å²) >= 11 is 0. The van der Waals surface area contributed by atoms with Gasteiger partial charge in [-0.25, -0.2) is 12.8 Å². The maximum atomic E-state index is 13.2. The largest absolute Gasteiger partial charge is 0.370 e. The SMILES string of the molecule is Cc1ccccc1COCc1nn(C)c2c1CN(S(=O)(=O)c1ccc(F)cc1)CC2. The summed E-state index contributed by atoms with van der Waals surface area (Å²) in [6.45, 7) is 3.40. The molecule has 0 atom stereocenters. The molecule has 0 N–H and O–H groups in total. The van der Waals surface area contributed by atoms with E-state index in [0.717, 1.165) is 40.2 Å². The molecule has 4 rings (SSSR count). The highest BCUT2D eigenvalue weighted by Gasteiger charge is 2.32. The molecule has 2 aromatic carbocycles. The molecule has 8 heteroatoms. The topological polar surface area (TPSA) is 64.4 Å². The summed E-state index contributed by atoms with van der Waals surface area (Å²) in [7, 11) is -1.84. The molecule has 0 aliphatic carbocycles. The molecule has 0 unspecified atom stereocenters. The lowest BCUT2D eigenvalue weighted by Crippen LogP contribution is -2.36. The van der Waals surface area contributed by atoms with Crippen molar-refractivity contribution in [3.8, 4) is 0 Å². The van der Waals surface area contributed by atoms with Gasteiger partial charge in [0.05, 0.1) is 23.8 Å². The van der Waals surface area contributed by atoms with Crippen molar-refractivity contribution in [1.29, 1.82) is 0 Å². The normalized spacial score (nSPS) is 14.6. The Balaban J connectivity index is 1.51. The first-order valence-electron chi connectivity index (χ1n) is 9.78. The molecule has 30 heavy (non-hydrogen) atoms. The van der Waals surface area contributed by atoms with Crippen LogP contribution >= 0.6 is 0 Å². The molecular weight excluding hydrogens is 405 g/mol. The van der Waals surface area contributed by atoms with Gasteiger partial charge < -0.3 is 4.74 Å². The number of nitrogens with zero attached hydrogens (tertiary/aromatic N) is 3. The number of halogens is 1. The quantitative estimate of drug-likeness (QED) is 0.603. The van der Waals surface area contributed by atoms with Gasteiger partial charge in [-0.2, -0.15) is 9.40 Å². The predicted octanol–water partition coefficient (Wildman–Crippen LogP) is 3.33. The molecule has 3 aromatic rings. The van der Waals surface area contributed by atoms with Gasteiger partial charge in [-0.1, -0.05) is 24.3 Å². The van der Waals surface area contributed by atoms with E-state index in [4.69, 9.17) is 4.74 Å². The minimum atomic E-state index is -3.71. The third-order valence-corrected chi connectivity index (χ3v) is 7.36. The number of hydrogen-bond donors (Lipinski definition) is 0. The van der Waals surface area contributed by atoms with Crippen LogP contribution in [0, 0.1) is 12.7 Å². The van der Waals surface area contributed by atoms with E-state index in [2.05, 4.69) is 5.10 Å². The van der Waals surface area contributed by atoms with Gasteiger partial charge >= 0.3 is 0 Å². The van der Waals surface area contributed by atoms with Gasteiger partial charge in [0.1, 0.15) is 5.82 Å². The fourth-order valence-corrected chi connectivity index (χ4v) is 5.16. The first-order valence-corrected chi connectivity index (χ1v) is 11.2. The average Bonchev–Trinajstić information content (AvgIpc) is 3.05. The highest BCUT2D eigenvalue weighted by molar-refractivity contribution is 7.89. The fraction of sp³-hybridized carbons (Fsp3) is 0.318. The second-order valence-electron chi connectivity index (χ2n) is 7.46. The van der Waals surface area contributed by atoms with E-state index >= 15 is 0 Å². The van der Waals surface area contributed by atoms with E-state index in [9.17, 15) is 12.8 Å². The van der Waals surface area contributed by atoms with Crippen LogP contribution in [0.25, 0.3) is 0 Å². The Morgan fingerprint density at radius 3 is 2.57 bits per heavy atom. The number of benzene rings is 2. The number of fused-ring (bicyclic) bond motifs is 1. The van der Waals surface area contributed by atoms with Gasteiger partial charge in [-0.05, 0) is 42.3 Å². The van der Waals surface area contributed by atoms with Crippen molar-refractivity contribution < 1.29 is 17.5 Å².